The summed E-state index contributed by atoms with van der Waals surface area (Å²) in [5.41, 5.74) is 2.61. The van der Waals surface area contributed by atoms with Crippen LogP contribution in [0.15, 0.2) is 83.8 Å². The highest BCUT2D eigenvalue weighted by molar-refractivity contribution is 7.89. The second kappa shape index (κ2) is 9.21. The third kappa shape index (κ3) is 4.65. The molecule has 0 spiro atoms. The Balaban J connectivity index is 1.56. The van der Waals surface area contributed by atoms with Gasteiger partial charge < -0.3 is 0 Å². The molecule has 3 aromatic carbocycles. The van der Waals surface area contributed by atoms with Crippen LogP contribution in [0.3, 0.4) is 0 Å². The number of sulfonamides is 1. The first kappa shape index (κ1) is 21.5. The molecule has 1 fully saturated rings. The molecule has 1 saturated heterocycles. The number of benzene rings is 3. The summed E-state index contributed by atoms with van der Waals surface area (Å²) in [7, 11) is -3.64. The van der Waals surface area contributed by atoms with Crippen molar-refractivity contribution in [3.63, 3.8) is 0 Å². The maximum atomic E-state index is 13.1. The van der Waals surface area contributed by atoms with Gasteiger partial charge in [-0.1, -0.05) is 60.1 Å². The molecule has 3 aromatic rings. The molecule has 1 heterocycles. The molecule has 0 bridgehead atoms. The highest BCUT2D eigenvalue weighted by Crippen LogP contribution is 2.31. The average molecular weight is 452 g/mol. The summed E-state index contributed by atoms with van der Waals surface area (Å²) in [5.74, 6) is 0. The van der Waals surface area contributed by atoms with Gasteiger partial charge in [-0.2, -0.15) is 9.57 Å². The zero-order valence-corrected chi connectivity index (χ0v) is 18.4. The van der Waals surface area contributed by atoms with Crippen LogP contribution in [0, 0.1) is 11.3 Å². The Morgan fingerprint density at radius 1 is 0.839 bits per heavy atom. The lowest BCUT2D eigenvalue weighted by Crippen LogP contribution is -2.49. The minimum absolute atomic E-state index is 0.0187. The van der Waals surface area contributed by atoms with Crippen molar-refractivity contribution in [3.05, 3.63) is 101 Å². The molecule has 0 radical (unpaired) electrons. The van der Waals surface area contributed by atoms with Gasteiger partial charge in [-0.15, -0.1) is 0 Å². The van der Waals surface area contributed by atoms with Gasteiger partial charge in [-0.3, -0.25) is 4.90 Å². The molecule has 7 heteroatoms. The summed E-state index contributed by atoms with van der Waals surface area (Å²) in [4.78, 5) is 2.47. The van der Waals surface area contributed by atoms with Crippen molar-refractivity contribution in [2.45, 2.75) is 10.9 Å². The van der Waals surface area contributed by atoms with Gasteiger partial charge in [0.05, 0.1) is 22.6 Å². The number of nitriles is 1. The number of halogens is 1. The van der Waals surface area contributed by atoms with Crippen molar-refractivity contribution in [2.24, 2.45) is 0 Å². The average Bonchev–Trinajstić information content (AvgIpc) is 2.81. The van der Waals surface area contributed by atoms with E-state index in [9.17, 15) is 8.42 Å². The molecule has 1 aliphatic heterocycles. The number of nitrogens with zero attached hydrogens (tertiary/aromatic N) is 3. The Labute approximate surface area is 188 Å². The van der Waals surface area contributed by atoms with E-state index in [0.29, 0.717) is 36.8 Å². The Morgan fingerprint density at radius 2 is 1.48 bits per heavy atom. The molecule has 0 aromatic heterocycles. The molecule has 5 nitrogen and oxygen atoms in total. The minimum atomic E-state index is -3.64. The Kier molecular flexibility index (Phi) is 6.40. The van der Waals surface area contributed by atoms with Crippen molar-refractivity contribution in [3.8, 4) is 6.07 Å². The predicted molar refractivity (Wildman–Crippen MR) is 121 cm³/mol. The molecule has 1 aliphatic rings. The van der Waals surface area contributed by atoms with Crippen LogP contribution in [0.5, 0.6) is 0 Å². The number of piperazine rings is 1. The second-order valence-corrected chi connectivity index (χ2v) is 9.82. The lowest BCUT2D eigenvalue weighted by Gasteiger charge is -2.39. The van der Waals surface area contributed by atoms with Crippen LogP contribution in [-0.2, 0) is 10.0 Å². The van der Waals surface area contributed by atoms with Crippen LogP contribution in [0.1, 0.15) is 22.7 Å². The Hall–Kier alpha value is -2.69. The highest BCUT2D eigenvalue weighted by atomic mass is 35.5. The molecule has 0 unspecified atom stereocenters. The summed E-state index contributed by atoms with van der Waals surface area (Å²) in [6, 6.07) is 26.2. The maximum Gasteiger partial charge on any atom is 0.243 e. The fourth-order valence-corrected chi connectivity index (χ4v) is 5.57. The van der Waals surface area contributed by atoms with E-state index in [0.717, 1.165) is 11.1 Å². The Morgan fingerprint density at radius 3 is 2.13 bits per heavy atom. The molecule has 158 valence electrons. The first-order valence-electron chi connectivity index (χ1n) is 10.0. The van der Waals surface area contributed by atoms with E-state index in [-0.39, 0.29) is 10.9 Å². The molecular formula is C24H22ClN3O2S. The fourth-order valence-electron chi connectivity index (χ4n) is 3.97. The van der Waals surface area contributed by atoms with Crippen LogP contribution in [0.2, 0.25) is 5.02 Å². The summed E-state index contributed by atoms with van der Waals surface area (Å²) in [5, 5.41) is 9.78. The monoisotopic (exact) mass is 451 g/mol. The molecule has 1 atom stereocenters. The smallest absolute Gasteiger partial charge is 0.243 e. The van der Waals surface area contributed by atoms with E-state index in [1.165, 1.54) is 10.4 Å². The van der Waals surface area contributed by atoms with E-state index in [2.05, 4.69) is 17.0 Å². The van der Waals surface area contributed by atoms with Crippen molar-refractivity contribution in [2.75, 3.05) is 26.2 Å². The number of rotatable bonds is 5. The predicted octanol–water partition coefficient (Wildman–Crippen LogP) is 4.31. The fraction of sp³-hybridized carbons (Fsp3) is 0.208. The normalized spacial score (nSPS) is 16.5. The second-order valence-electron chi connectivity index (χ2n) is 7.44. The van der Waals surface area contributed by atoms with Crippen molar-refractivity contribution in [1.82, 2.24) is 9.21 Å². The zero-order chi connectivity index (χ0) is 21.8. The maximum absolute atomic E-state index is 13.1. The molecule has 0 aliphatic carbocycles. The molecular weight excluding hydrogens is 430 g/mol. The van der Waals surface area contributed by atoms with Gasteiger partial charge in [0.2, 0.25) is 10.0 Å². The molecule has 0 amide bonds. The van der Waals surface area contributed by atoms with Crippen LogP contribution in [-0.4, -0.2) is 43.8 Å². The largest absolute Gasteiger partial charge is 0.290 e. The van der Waals surface area contributed by atoms with Gasteiger partial charge in [0, 0.05) is 31.2 Å². The lowest BCUT2D eigenvalue weighted by molar-refractivity contribution is 0.156. The van der Waals surface area contributed by atoms with E-state index in [1.54, 1.807) is 18.2 Å². The number of hydrogen-bond acceptors (Lipinski definition) is 4. The molecule has 4 rings (SSSR count). The van der Waals surface area contributed by atoms with Gasteiger partial charge >= 0.3 is 0 Å². The third-order valence-electron chi connectivity index (χ3n) is 5.54. The van der Waals surface area contributed by atoms with E-state index >= 15 is 0 Å². The molecule has 0 N–H and O–H groups in total. The van der Waals surface area contributed by atoms with E-state index in [1.807, 2.05) is 48.5 Å². The van der Waals surface area contributed by atoms with Gasteiger partial charge in [0.1, 0.15) is 0 Å². The first-order valence-corrected chi connectivity index (χ1v) is 11.9. The minimum Gasteiger partial charge on any atom is -0.290 e. The topological polar surface area (TPSA) is 64.4 Å². The third-order valence-corrected chi connectivity index (χ3v) is 7.69. The van der Waals surface area contributed by atoms with Crippen LogP contribution in [0.25, 0.3) is 0 Å². The SMILES string of the molecule is N#Cc1cccc(S(=O)(=O)N2CCN([C@@H](c3ccccc3)c3ccc(Cl)cc3)CC2)c1. The summed E-state index contributed by atoms with van der Waals surface area (Å²) < 4.78 is 27.7. The van der Waals surface area contributed by atoms with Crippen molar-refractivity contribution in [1.29, 1.82) is 5.26 Å². The van der Waals surface area contributed by atoms with Crippen molar-refractivity contribution >= 4 is 21.6 Å². The lowest BCUT2D eigenvalue weighted by atomic mass is 9.96. The van der Waals surface area contributed by atoms with Gasteiger partial charge in [0.15, 0.2) is 0 Å². The zero-order valence-electron chi connectivity index (χ0n) is 16.9. The van der Waals surface area contributed by atoms with Crippen LogP contribution in [0.4, 0.5) is 0 Å². The van der Waals surface area contributed by atoms with E-state index < -0.39 is 10.0 Å². The summed E-state index contributed by atoms with van der Waals surface area (Å²) in [6.07, 6.45) is 0. The summed E-state index contributed by atoms with van der Waals surface area (Å²) in [6.45, 7) is 1.96. The first-order chi connectivity index (χ1) is 15.0. The molecule has 0 saturated carbocycles. The van der Waals surface area contributed by atoms with Gasteiger partial charge in [-0.05, 0) is 41.5 Å². The summed E-state index contributed by atoms with van der Waals surface area (Å²) >= 11 is 6.09. The van der Waals surface area contributed by atoms with E-state index in [4.69, 9.17) is 16.9 Å². The quantitative estimate of drug-likeness (QED) is 0.580. The van der Waals surface area contributed by atoms with Crippen molar-refractivity contribution < 1.29 is 8.42 Å². The molecule has 31 heavy (non-hydrogen) atoms. The van der Waals surface area contributed by atoms with Crippen LogP contribution < -0.4 is 0 Å². The Bertz CT molecular complexity index is 1180. The van der Waals surface area contributed by atoms with Crippen LogP contribution >= 0.6 is 11.6 Å². The number of hydrogen-bond donors (Lipinski definition) is 0. The van der Waals surface area contributed by atoms with Gasteiger partial charge in [0.25, 0.3) is 0 Å². The highest BCUT2D eigenvalue weighted by Gasteiger charge is 2.32. The van der Waals surface area contributed by atoms with Gasteiger partial charge in [-0.25, -0.2) is 8.42 Å². The standard InChI is InChI=1S/C24H22ClN3O2S/c25-22-11-9-21(10-12-22)24(20-6-2-1-3-7-20)27-13-15-28(16-14-27)31(29,30)23-8-4-5-19(17-23)18-26/h1-12,17,24H,13-16H2/t24-/m0/s1.